The van der Waals surface area contributed by atoms with E-state index in [0.29, 0.717) is 18.3 Å². The zero-order chi connectivity index (χ0) is 29.4. The lowest BCUT2D eigenvalue weighted by Crippen LogP contribution is -2.61. The van der Waals surface area contributed by atoms with Crippen LogP contribution >= 0.6 is 22.6 Å². The SMILES string of the molecule is C[C@@](Cc1c[nH]c2ccccc12)(NC(=O)OC1C2CC3CC(C2)CC1C3)C(=O)N[C@@H](CC(=O)O)Cc1ccc(I)cc1. The fourth-order valence-electron chi connectivity index (χ4n) is 7.92. The van der Waals surface area contributed by atoms with Gasteiger partial charge in [0, 0.05) is 33.1 Å². The maximum Gasteiger partial charge on any atom is 0.408 e. The molecular weight excluding hydrogens is 645 g/mol. The number of hydrogen-bond donors (Lipinski definition) is 4. The number of fused-ring (bicyclic) bond motifs is 1. The predicted octanol–water partition coefficient (Wildman–Crippen LogP) is 5.83. The number of carbonyl (C=O) groups is 3. The Morgan fingerprint density at radius 2 is 1.69 bits per heavy atom. The van der Waals surface area contributed by atoms with E-state index in [4.69, 9.17) is 4.74 Å². The summed E-state index contributed by atoms with van der Waals surface area (Å²) in [6.07, 6.45) is 7.28. The summed E-state index contributed by atoms with van der Waals surface area (Å²) in [6.45, 7) is 1.70. The van der Waals surface area contributed by atoms with Crippen LogP contribution in [0.15, 0.2) is 54.7 Å². The summed E-state index contributed by atoms with van der Waals surface area (Å²) in [7, 11) is 0. The molecule has 0 unspecified atom stereocenters. The number of alkyl carbamates (subject to hydrolysis) is 1. The van der Waals surface area contributed by atoms with Gasteiger partial charge < -0.3 is 25.5 Å². The number of benzene rings is 2. The molecule has 2 atom stereocenters. The fourth-order valence-corrected chi connectivity index (χ4v) is 8.28. The summed E-state index contributed by atoms with van der Waals surface area (Å²) in [5.41, 5.74) is 1.37. The number of para-hydroxylation sites is 1. The molecule has 4 aliphatic rings. The number of hydrogen-bond acceptors (Lipinski definition) is 4. The van der Waals surface area contributed by atoms with Gasteiger partial charge in [-0.05, 0) is 121 Å². The standard InChI is InChI=1S/C33H38IN3O5/c1-33(17-24-18-35-28-5-3-2-4-27(24)28,31(40)36-26(16-29(38)39)15-19-6-8-25(34)9-7-19)37-32(41)42-30-22-11-20-10-21(13-22)14-23(30)12-20/h2-9,18,20-23,26,30,35H,10-17H2,1H3,(H,36,40)(H,37,41)(H,38,39)/t20?,21?,22?,23?,26-,30?,33+/m1/s1. The van der Waals surface area contributed by atoms with Gasteiger partial charge in [-0.15, -0.1) is 0 Å². The summed E-state index contributed by atoms with van der Waals surface area (Å²) >= 11 is 2.22. The van der Waals surface area contributed by atoms with Gasteiger partial charge in [0.15, 0.2) is 0 Å². The van der Waals surface area contributed by atoms with Crippen molar-refractivity contribution in [2.45, 2.75) is 76.0 Å². The third-order valence-electron chi connectivity index (χ3n) is 9.63. The van der Waals surface area contributed by atoms with Crippen LogP contribution in [0.4, 0.5) is 4.79 Å². The molecular formula is C33H38IN3O5. The van der Waals surface area contributed by atoms with Gasteiger partial charge in [0.1, 0.15) is 11.6 Å². The largest absolute Gasteiger partial charge is 0.481 e. The van der Waals surface area contributed by atoms with E-state index in [9.17, 15) is 19.5 Å². The Bertz CT molecular complexity index is 1440. The minimum absolute atomic E-state index is 0.112. The van der Waals surface area contributed by atoms with Crippen LogP contribution in [-0.4, -0.2) is 45.7 Å². The first-order valence-electron chi connectivity index (χ1n) is 15.0. The van der Waals surface area contributed by atoms with Crippen molar-refractivity contribution in [1.82, 2.24) is 15.6 Å². The van der Waals surface area contributed by atoms with E-state index in [1.165, 1.54) is 6.42 Å². The Morgan fingerprint density at radius 3 is 2.36 bits per heavy atom. The van der Waals surface area contributed by atoms with Crippen LogP contribution in [0, 0.1) is 27.2 Å². The molecule has 1 aromatic heterocycles. The molecule has 4 fully saturated rings. The number of H-pyrrole nitrogens is 1. The van der Waals surface area contributed by atoms with Crippen LogP contribution in [0.3, 0.4) is 0 Å². The van der Waals surface area contributed by atoms with Gasteiger partial charge in [0.05, 0.1) is 6.42 Å². The topological polar surface area (TPSA) is 121 Å². The highest BCUT2D eigenvalue weighted by Gasteiger charge is 2.50. The zero-order valence-corrected chi connectivity index (χ0v) is 25.9. The molecule has 4 saturated carbocycles. The summed E-state index contributed by atoms with van der Waals surface area (Å²) in [5, 5.41) is 16.5. The summed E-state index contributed by atoms with van der Waals surface area (Å²) < 4.78 is 7.20. The normalized spacial score (nSPS) is 26.4. The van der Waals surface area contributed by atoms with Crippen molar-refractivity contribution in [1.29, 1.82) is 0 Å². The molecule has 7 rings (SSSR count). The lowest BCUT2D eigenvalue weighted by Gasteiger charge is -2.53. The van der Waals surface area contributed by atoms with Gasteiger partial charge in [-0.1, -0.05) is 30.3 Å². The Labute approximate surface area is 259 Å². The molecule has 42 heavy (non-hydrogen) atoms. The molecule has 2 amide bonds. The van der Waals surface area contributed by atoms with E-state index >= 15 is 0 Å². The first-order valence-corrected chi connectivity index (χ1v) is 16.0. The smallest absolute Gasteiger partial charge is 0.408 e. The van der Waals surface area contributed by atoms with Crippen molar-refractivity contribution in [3.05, 3.63) is 69.4 Å². The van der Waals surface area contributed by atoms with E-state index in [0.717, 1.165) is 63.1 Å². The summed E-state index contributed by atoms with van der Waals surface area (Å²) in [6, 6.07) is 15.0. The molecule has 2 aromatic carbocycles. The lowest BCUT2D eigenvalue weighted by molar-refractivity contribution is -0.138. The number of nitrogens with one attached hydrogen (secondary N) is 3. The average molecular weight is 684 g/mol. The number of ether oxygens (including phenoxy) is 1. The van der Waals surface area contributed by atoms with Gasteiger partial charge in [-0.2, -0.15) is 0 Å². The molecule has 0 spiro atoms. The third-order valence-corrected chi connectivity index (χ3v) is 10.4. The Hall–Kier alpha value is -3.08. The summed E-state index contributed by atoms with van der Waals surface area (Å²) in [4.78, 5) is 42.6. The second-order valence-electron chi connectivity index (χ2n) is 12.9. The second-order valence-corrected chi connectivity index (χ2v) is 14.1. The van der Waals surface area contributed by atoms with Crippen LogP contribution < -0.4 is 10.6 Å². The first-order chi connectivity index (χ1) is 20.1. The minimum atomic E-state index is -1.38. The molecule has 9 heteroatoms. The van der Waals surface area contributed by atoms with Crippen molar-refractivity contribution in [2.24, 2.45) is 23.7 Å². The van der Waals surface area contributed by atoms with Gasteiger partial charge in [-0.3, -0.25) is 9.59 Å². The van der Waals surface area contributed by atoms with Crippen LogP contribution in [-0.2, 0) is 27.2 Å². The Morgan fingerprint density at radius 1 is 1.02 bits per heavy atom. The molecule has 0 radical (unpaired) electrons. The molecule has 0 saturated heterocycles. The maximum absolute atomic E-state index is 14.1. The molecule has 4 bridgehead atoms. The number of halogens is 1. The number of aromatic nitrogens is 1. The Balaban J connectivity index is 1.22. The number of carbonyl (C=O) groups excluding carboxylic acids is 2. The number of carboxylic acids is 1. The first kappa shape index (κ1) is 29.0. The van der Waals surface area contributed by atoms with E-state index in [1.54, 1.807) is 6.92 Å². The second kappa shape index (κ2) is 11.9. The number of rotatable bonds is 10. The number of aliphatic carboxylic acids is 1. The van der Waals surface area contributed by atoms with E-state index in [-0.39, 0.29) is 18.9 Å². The van der Waals surface area contributed by atoms with Crippen molar-refractivity contribution >= 4 is 51.5 Å². The highest BCUT2D eigenvalue weighted by molar-refractivity contribution is 14.1. The van der Waals surface area contributed by atoms with Crippen LogP contribution in [0.5, 0.6) is 0 Å². The quantitative estimate of drug-likeness (QED) is 0.201. The molecule has 222 valence electrons. The lowest BCUT2D eigenvalue weighted by atomic mass is 9.55. The molecule has 0 aliphatic heterocycles. The molecule has 4 aliphatic carbocycles. The van der Waals surface area contributed by atoms with Crippen LogP contribution in [0.2, 0.25) is 0 Å². The number of aromatic amines is 1. The average Bonchev–Trinajstić information content (AvgIpc) is 3.33. The zero-order valence-electron chi connectivity index (χ0n) is 23.8. The highest BCUT2D eigenvalue weighted by atomic mass is 127. The van der Waals surface area contributed by atoms with E-state index in [2.05, 4.69) is 38.2 Å². The van der Waals surface area contributed by atoms with E-state index in [1.807, 2.05) is 54.7 Å². The van der Waals surface area contributed by atoms with Gasteiger partial charge >= 0.3 is 12.1 Å². The molecule has 1 heterocycles. The highest BCUT2D eigenvalue weighted by Crippen LogP contribution is 2.54. The van der Waals surface area contributed by atoms with Crippen molar-refractivity contribution in [2.75, 3.05) is 0 Å². The number of amides is 2. The van der Waals surface area contributed by atoms with Crippen molar-refractivity contribution < 1.29 is 24.2 Å². The van der Waals surface area contributed by atoms with Crippen LogP contribution in [0.25, 0.3) is 10.9 Å². The van der Waals surface area contributed by atoms with Gasteiger partial charge in [0.2, 0.25) is 5.91 Å². The van der Waals surface area contributed by atoms with Crippen molar-refractivity contribution in [3.8, 4) is 0 Å². The van der Waals surface area contributed by atoms with Gasteiger partial charge in [-0.25, -0.2) is 4.79 Å². The van der Waals surface area contributed by atoms with Crippen molar-refractivity contribution in [3.63, 3.8) is 0 Å². The molecule has 3 aromatic rings. The van der Waals surface area contributed by atoms with Gasteiger partial charge in [0.25, 0.3) is 0 Å². The maximum atomic E-state index is 14.1. The minimum Gasteiger partial charge on any atom is -0.481 e. The third kappa shape index (κ3) is 6.31. The Kier molecular flexibility index (Phi) is 8.22. The fraction of sp³-hybridized carbons (Fsp3) is 0.485. The van der Waals surface area contributed by atoms with Crippen LogP contribution in [0.1, 0.15) is 56.6 Å². The molecule has 8 nitrogen and oxygen atoms in total. The monoisotopic (exact) mass is 683 g/mol. The number of carboxylic acid groups (broad SMARTS) is 1. The molecule has 4 N–H and O–H groups in total. The predicted molar refractivity (Wildman–Crippen MR) is 168 cm³/mol. The summed E-state index contributed by atoms with van der Waals surface area (Å²) in [5.74, 6) is 0.870. The van der Waals surface area contributed by atoms with E-state index < -0.39 is 29.6 Å².